The van der Waals surface area contributed by atoms with Crippen molar-refractivity contribution in [3.63, 3.8) is 0 Å². The van der Waals surface area contributed by atoms with Crippen LogP contribution in [0.2, 0.25) is 0 Å². The highest BCUT2D eigenvalue weighted by molar-refractivity contribution is 6.49. The zero-order chi connectivity index (χ0) is 24.7. The minimum Gasteiger partial charge on any atom is -0.354 e. The molecule has 0 fully saturated rings. The Labute approximate surface area is 188 Å². The van der Waals surface area contributed by atoms with Crippen LogP contribution in [0.25, 0.3) is 22.2 Å². The molecule has 0 saturated carbocycles. The van der Waals surface area contributed by atoms with Gasteiger partial charge in [0, 0.05) is 16.6 Å². The van der Waals surface area contributed by atoms with Crippen LogP contribution in [0.15, 0.2) is 72.8 Å². The first-order valence-corrected chi connectivity index (χ1v) is 9.76. The second-order valence-electron chi connectivity index (χ2n) is 7.36. The molecule has 0 atom stereocenters. The number of ketones is 1. The van der Waals surface area contributed by atoms with E-state index in [0.717, 1.165) is 0 Å². The number of carbonyl (C=O) groups excluding carboxylic acids is 2. The summed E-state index contributed by atoms with van der Waals surface area (Å²) in [6, 6.07) is 15.7. The Morgan fingerprint density at radius 2 is 1.29 bits per heavy atom. The van der Waals surface area contributed by atoms with Crippen LogP contribution in [-0.2, 0) is 17.1 Å². The number of para-hydroxylation sites is 1. The predicted molar refractivity (Wildman–Crippen MR) is 113 cm³/mol. The van der Waals surface area contributed by atoms with E-state index in [4.69, 9.17) is 0 Å². The molecule has 0 aliphatic carbocycles. The fourth-order valence-electron chi connectivity index (χ4n) is 3.53. The number of halogens is 6. The number of aromatic nitrogens is 1. The second-order valence-corrected chi connectivity index (χ2v) is 7.36. The van der Waals surface area contributed by atoms with E-state index in [0.29, 0.717) is 34.3 Å². The first-order chi connectivity index (χ1) is 15.9. The highest BCUT2D eigenvalue weighted by Gasteiger charge is 2.37. The van der Waals surface area contributed by atoms with Gasteiger partial charge in [-0.1, -0.05) is 48.5 Å². The summed E-state index contributed by atoms with van der Waals surface area (Å²) in [4.78, 5) is 28.9. The summed E-state index contributed by atoms with van der Waals surface area (Å²) in [7, 11) is 0. The number of aromatic amines is 1. The number of amides is 1. The number of rotatable bonds is 4. The molecular formula is C24H14F6N2O2. The summed E-state index contributed by atoms with van der Waals surface area (Å²) in [5.74, 6) is -2.50. The van der Waals surface area contributed by atoms with Crippen molar-refractivity contribution in [1.82, 2.24) is 4.98 Å². The Bertz CT molecular complexity index is 1360. The lowest BCUT2D eigenvalue weighted by Crippen LogP contribution is -2.24. The summed E-state index contributed by atoms with van der Waals surface area (Å²) in [5, 5.41) is 2.27. The van der Waals surface area contributed by atoms with E-state index in [9.17, 15) is 35.9 Å². The summed E-state index contributed by atoms with van der Waals surface area (Å²) in [6.07, 6.45) is -10.2. The molecule has 0 aliphatic heterocycles. The zero-order valence-corrected chi connectivity index (χ0v) is 17.0. The molecule has 1 amide bonds. The molecule has 0 aliphatic rings. The van der Waals surface area contributed by atoms with Crippen molar-refractivity contribution in [2.24, 2.45) is 0 Å². The maximum atomic E-state index is 13.1. The van der Waals surface area contributed by atoms with Gasteiger partial charge in [0.25, 0.3) is 11.7 Å². The molecule has 10 heteroatoms. The quantitative estimate of drug-likeness (QED) is 0.196. The number of Topliss-reactive ketones (excluding diaryl/α,β-unsaturated/α-hetero) is 1. The molecular weight excluding hydrogens is 462 g/mol. The van der Waals surface area contributed by atoms with Gasteiger partial charge in [0.15, 0.2) is 0 Å². The van der Waals surface area contributed by atoms with Gasteiger partial charge in [-0.15, -0.1) is 0 Å². The summed E-state index contributed by atoms with van der Waals surface area (Å²) >= 11 is 0. The first kappa shape index (κ1) is 23.1. The molecule has 1 heterocycles. The first-order valence-electron chi connectivity index (χ1n) is 9.76. The van der Waals surface area contributed by atoms with Crippen LogP contribution in [0.4, 0.5) is 32.0 Å². The highest BCUT2D eigenvalue weighted by atomic mass is 19.4. The number of hydrogen-bond acceptors (Lipinski definition) is 2. The molecule has 2 N–H and O–H groups in total. The molecule has 1 aromatic heterocycles. The van der Waals surface area contributed by atoms with Gasteiger partial charge in [-0.2, -0.15) is 26.3 Å². The summed E-state index contributed by atoms with van der Waals surface area (Å²) in [6.45, 7) is 0. The van der Waals surface area contributed by atoms with Crippen molar-refractivity contribution in [2.75, 3.05) is 5.32 Å². The third-order valence-electron chi connectivity index (χ3n) is 5.05. The molecule has 4 nitrogen and oxygen atoms in total. The maximum absolute atomic E-state index is 13.1. The SMILES string of the molecule is O=C(Nc1cc(C(F)(F)F)cc(C(F)(F)F)c1)C(=O)c1c(-c2ccccc2)[nH]c2ccccc12. The second kappa shape index (κ2) is 8.36. The monoisotopic (exact) mass is 476 g/mol. The number of H-pyrrole nitrogens is 1. The molecule has 0 radical (unpaired) electrons. The van der Waals surface area contributed by atoms with E-state index in [-0.39, 0.29) is 11.6 Å². The van der Waals surface area contributed by atoms with Gasteiger partial charge in [-0.3, -0.25) is 9.59 Å². The van der Waals surface area contributed by atoms with Crippen LogP contribution >= 0.6 is 0 Å². The van der Waals surface area contributed by atoms with Crippen LogP contribution in [0.5, 0.6) is 0 Å². The average molecular weight is 476 g/mol. The van der Waals surface area contributed by atoms with Gasteiger partial charge < -0.3 is 10.3 Å². The third kappa shape index (κ3) is 4.52. The molecule has 174 valence electrons. The van der Waals surface area contributed by atoms with E-state index in [1.807, 2.05) is 5.32 Å². The van der Waals surface area contributed by atoms with Crippen LogP contribution in [0.3, 0.4) is 0 Å². The van der Waals surface area contributed by atoms with E-state index >= 15 is 0 Å². The average Bonchev–Trinajstić information content (AvgIpc) is 3.17. The van der Waals surface area contributed by atoms with Crippen molar-refractivity contribution in [3.8, 4) is 11.3 Å². The van der Waals surface area contributed by atoms with Crippen molar-refractivity contribution in [3.05, 3.63) is 89.5 Å². The van der Waals surface area contributed by atoms with Crippen LogP contribution in [0, 0.1) is 0 Å². The van der Waals surface area contributed by atoms with Crippen LogP contribution in [0.1, 0.15) is 21.5 Å². The summed E-state index contributed by atoms with van der Waals surface area (Å²) in [5.41, 5.74) is -2.70. The molecule has 0 unspecified atom stereocenters. The van der Waals surface area contributed by atoms with E-state index in [1.165, 1.54) is 0 Å². The van der Waals surface area contributed by atoms with Gasteiger partial charge >= 0.3 is 12.4 Å². The number of hydrogen-bond donors (Lipinski definition) is 2. The molecule has 3 aromatic carbocycles. The van der Waals surface area contributed by atoms with Gasteiger partial charge in [0.2, 0.25) is 0 Å². The Kier molecular flexibility index (Phi) is 5.68. The Hall–Kier alpha value is -4.08. The number of nitrogens with one attached hydrogen (secondary N) is 2. The lowest BCUT2D eigenvalue weighted by atomic mass is 10.0. The Morgan fingerprint density at radius 1 is 0.735 bits per heavy atom. The standard InChI is InChI=1S/C24H14F6N2O2/c25-23(26,27)14-10-15(24(28,29)30)12-16(11-14)31-22(34)21(33)19-17-8-4-5-9-18(17)32-20(19)13-6-2-1-3-7-13/h1-12,32H,(H,31,34). The topological polar surface area (TPSA) is 62.0 Å². The minimum absolute atomic E-state index is 0.0534. The lowest BCUT2D eigenvalue weighted by molar-refractivity contribution is -0.143. The van der Waals surface area contributed by atoms with E-state index < -0.39 is 40.9 Å². The van der Waals surface area contributed by atoms with Crippen LogP contribution < -0.4 is 5.32 Å². The van der Waals surface area contributed by atoms with E-state index in [2.05, 4.69) is 4.98 Å². The predicted octanol–water partition coefficient (Wildman–Crippen LogP) is 6.69. The number of carbonyl (C=O) groups is 2. The van der Waals surface area contributed by atoms with Crippen molar-refractivity contribution in [1.29, 1.82) is 0 Å². The Balaban J connectivity index is 1.76. The van der Waals surface area contributed by atoms with Crippen molar-refractivity contribution in [2.45, 2.75) is 12.4 Å². The molecule has 0 bridgehead atoms. The third-order valence-corrected chi connectivity index (χ3v) is 5.05. The van der Waals surface area contributed by atoms with Crippen molar-refractivity contribution >= 4 is 28.3 Å². The zero-order valence-electron chi connectivity index (χ0n) is 17.0. The number of anilines is 1. The van der Waals surface area contributed by atoms with E-state index in [1.54, 1.807) is 54.6 Å². The number of alkyl halides is 6. The molecule has 0 saturated heterocycles. The Morgan fingerprint density at radius 3 is 1.88 bits per heavy atom. The molecule has 34 heavy (non-hydrogen) atoms. The number of benzene rings is 3. The largest absolute Gasteiger partial charge is 0.416 e. The van der Waals surface area contributed by atoms with Gasteiger partial charge in [-0.05, 0) is 29.8 Å². The highest BCUT2D eigenvalue weighted by Crippen LogP contribution is 2.38. The maximum Gasteiger partial charge on any atom is 0.416 e. The summed E-state index contributed by atoms with van der Waals surface area (Å²) < 4.78 is 78.7. The molecule has 4 rings (SSSR count). The smallest absolute Gasteiger partial charge is 0.354 e. The fourth-order valence-corrected chi connectivity index (χ4v) is 3.53. The lowest BCUT2D eigenvalue weighted by Gasteiger charge is -2.14. The molecule has 4 aromatic rings. The minimum atomic E-state index is -5.10. The normalized spacial score (nSPS) is 12.1. The van der Waals surface area contributed by atoms with Gasteiger partial charge in [-0.25, -0.2) is 0 Å². The molecule has 0 spiro atoms. The van der Waals surface area contributed by atoms with Crippen LogP contribution in [-0.4, -0.2) is 16.7 Å². The number of fused-ring (bicyclic) bond motifs is 1. The fraction of sp³-hybridized carbons (Fsp3) is 0.0833. The van der Waals surface area contributed by atoms with Crippen molar-refractivity contribution < 1.29 is 35.9 Å². The van der Waals surface area contributed by atoms with Gasteiger partial charge in [0.05, 0.1) is 22.4 Å². The van der Waals surface area contributed by atoms with Gasteiger partial charge in [0.1, 0.15) is 0 Å².